The predicted octanol–water partition coefficient (Wildman–Crippen LogP) is 2.21. The van der Waals surface area contributed by atoms with Gasteiger partial charge in [-0.3, -0.25) is 0 Å². The predicted molar refractivity (Wildman–Crippen MR) is 56.8 cm³/mol. The molecule has 2 rings (SSSR count). The molecule has 1 heterocycles. The van der Waals surface area contributed by atoms with Gasteiger partial charge in [-0.2, -0.15) is 0 Å². The Hall–Kier alpha value is -1.12. The summed E-state index contributed by atoms with van der Waals surface area (Å²) in [6.45, 7) is 2.11. The van der Waals surface area contributed by atoms with E-state index < -0.39 is 0 Å². The molecule has 0 aliphatic rings. The average Bonchev–Trinajstić information content (AvgIpc) is 2.63. The molecule has 0 unspecified atom stereocenters. The average molecular weight is 271 g/mol. The van der Waals surface area contributed by atoms with Crippen molar-refractivity contribution < 1.29 is 13.9 Å². The molecule has 78 valence electrons. The van der Waals surface area contributed by atoms with E-state index in [0.717, 1.165) is 4.26 Å². The van der Waals surface area contributed by atoms with Crippen molar-refractivity contribution in [3.63, 3.8) is 0 Å². The fourth-order valence-electron chi connectivity index (χ4n) is 1.33. The van der Waals surface area contributed by atoms with Gasteiger partial charge in [-0.05, 0) is 0 Å². The Morgan fingerprint density at radius 3 is 3.00 bits per heavy atom. The van der Waals surface area contributed by atoms with Gasteiger partial charge < -0.3 is 0 Å². The first-order valence-corrected chi connectivity index (χ1v) is 6.29. The fraction of sp³-hybridized carbons (Fsp3) is 0.182. The molecule has 0 saturated carbocycles. The molecule has 1 aromatic carbocycles. The molecule has 0 amide bonds. The number of rotatable bonds is 2. The molecular formula is C11H9FO2Se. The summed E-state index contributed by atoms with van der Waals surface area (Å²) < 4.78 is 19.7. The summed E-state index contributed by atoms with van der Waals surface area (Å²) in [5.41, 5.74) is 0. The Morgan fingerprint density at radius 2 is 2.33 bits per heavy atom. The minimum absolute atomic E-state index is 0.121. The van der Waals surface area contributed by atoms with Gasteiger partial charge in [0.1, 0.15) is 0 Å². The van der Waals surface area contributed by atoms with Crippen molar-refractivity contribution in [2.24, 2.45) is 0 Å². The minimum atomic E-state index is -0.326. The second kappa shape index (κ2) is 4.17. The van der Waals surface area contributed by atoms with E-state index in [1.807, 2.05) is 6.07 Å². The van der Waals surface area contributed by atoms with Crippen LogP contribution in [0.4, 0.5) is 4.39 Å². The molecule has 0 aliphatic heterocycles. The van der Waals surface area contributed by atoms with Crippen LogP contribution in [0, 0.1) is 5.82 Å². The van der Waals surface area contributed by atoms with Crippen LogP contribution in [-0.2, 0) is 4.74 Å². The monoisotopic (exact) mass is 272 g/mol. The molecular weight excluding hydrogens is 262 g/mol. The van der Waals surface area contributed by atoms with Gasteiger partial charge in [0.15, 0.2) is 0 Å². The number of carbonyl (C=O) groups excluding carboxylic acids is 1. The third-order valence-electron chi connectivity index (χ3n) is 1.98. The zero-order valence-electron chi connectivity index (χ0n) is 8.12. The van der Waals surface area contributed by atoms with Crippen LogP contribution in [0.5, 0.6) is 0 Å². The molecule has 15 heavy (non-hydrogen) atoms. The Kier molecular flexibility index (Phi) is 2.89. The van der Waals surface area contributed by atoms with Crippen molar-refractivity contribution in [1.29, 1.82) is 0 Å². The summed E-state index contributed by atoms with van der Waals surface area (Å²) in [6.07, 6.45) is 0. The summed E-state index contributed by atoms with van der Waals surface area (Å²) in [7, 11) is 0. The SMILES string of the molecule is CCOC(=O)c1cc2c(F)cccc2[se]1. The van der Waals surface area contributed by atoms with Gasteiger partial charge in [-0.15, -0.1) is 0 Å². The molecule has 1 aromatic heterocycles. The summed E-state index contributed by atoms with van der Waals surface area (Å²) in [5, 5.41) is 0.542. The Bertz CT molecular complexity index is 504. The molecule has 2 aromatic rings. The number of halogens is 1. The van der Waals surface area contributed by atoms with Gasteiger partial charge in [0.25, 0.3) is 0 Å². The van der Waals surface area contributed by atoms with E-state index in [0.29, 0.717) is 16.4 Å². The van der Waals surface area contributed by atoms with Crippen molar-refractivity contribution in [3.8, 4) is 0 Å². The van der Waals surface area contributed by atoms with E-state index in [4.69, 9.17) is 4.74 Å². The number of esters is 1. The molecule has 0 N–H and O–H groups in total. The van der Waals surface area contributed by atoms with Crippen LogP contribution in [0.3, 0.4) is 0 Å². The quantitative estimate of drug-likeness (QED) is 0.618. The molecule has 4 heteroatoms. The number of hydrogen-bond acceptors (Lipinski definition) is 2. The third-order valence-corrected chi connectivity index (χ3v) is 4.25. The van der Waals surface area contributed by atoms with Crippen LogP contribution >= 0.6 is 0 Å². The zero-order valence-corrected chi connectivity index (χ0v) is 9.83. The van der Waals surface area contributed by atoms with Crippen molar-refractivity contribution in [2.45, 2.75) is 6.92 Å². The normalized spacial score (nSPS) is 10.5. The Morgan fingerprint density at radius 1 is 1.53 bits per heavy atom. The van der Waals surface area contributed by atoms with Crippen LogP contribution in [0.2, 0.25) is 0 Å². The number of fused-ring (bicyclic) bond motifs is 1. The van der Waals surface area contributed by atoms with Crippen LogP contribution in [0.1, 0.15) is 16.2 Å². The second-order valence-electron chi connectivity index (χ2n) is 2.98. The van der Waals surface area contributed by atoms with Crippen molar-refractivity contribution in [2.75, 3.05) is 6.61 Å². The summed E-state index contributed by atoms with van der Waals surface area (Å²) in [6, 6.07) is 6.52. The van der Waals surface area contributed by atoms with Crippen LogP contribution < -0.4 is 0 Å². The van der Waals surface area contributed by atoms with E-state index in [-0.39, 0.29) is 26.3 Å². The Balaban J connectivity index is 2.47. The van der Waals surface area contributed by atoms with Crippen LogP contribution in [0.15, 0.2) is 24.3 Å². The van der Waals surface area contributed by atoms with Crippen molar-refractivity contribution in [1.82, 2.24) is 0 Å². The number of ether oxygens (including phenoxy) is 1. The van der Waals surface area contributed by atoms with Gasteiger partial charge in [-0.25, -0.2) is 0 Å². The van der Waals surface area contributed by atoms with Crippen molar-refractivity contribution >= 4 is 30.1 Å². The fourth-order valence-corrected chi connectivity index (χ4v) is 3.36. The number of carbonyl (C=O) groups is 1. The van der Waals surface area contributed by atoms with Gasteiger partial charge in [0, 0.05) is 0 Å². The van der Waals surface area contributed by atoms with E-state index in [1.54, 1.807) is 19.1 Å². The molecule has 0 saturated heterocycles. The van der Waals surface area contributed by atoms with Gasteiger partial charge in [0.05, 0.1) is 0 Å². The molecule has 0 fully saturated rings. The maximum atomic E-state index is 13.3. The summed E-state index contributed by atoms with van der Waals surface area (Å²) in [5.74, 6) is -0.596. The molecule has 0 spiro atoms. The zero-order chi connectivity index (χ0) is 10.8. The molecule has 0 bridgehead atoms. The van der Waals surface area contributed by atoms with Crippen LogP contribution in [0.25, 0.3) is 9.65 Å². The second-order valence-corrected chi connectivity index (χ2v) is 5.26. The standard InChI is InChI=1S/C11H9FO2Se/c1-2-14-11(13)10-6-7-8(12)4-3-5-9(7)15-10/h3-6H,2H2,1H3. The number of hydrogen-bond donors (Lipinski definition) is 0. The molecule has 2 nitrogen and oxygen atoms in total. The maximum absolute atomic E-state index is 13.3. The molecule has 0 aliphatic carbocycles. The topological polar surface area (TPSA) is 26.3 Å². The van der Waals surface area contributed by atoms with E-state index in [9.17, 15) is 9.18 Å². The van der Waals surface area contributed by atoms with E-state index >= 15 is 0 Å². The third kappa shape index (κ3) is 1.96. The Labute approximate surface area is 92.4 Å². The first kappa shape index (κ1) is 10.4. The summed E-state index contributed by atoms with van der Waals surface area (Å²) >= 11 is -0.121. The first-order valence-electron chi connectivity index (χ1n) is 4.57. The van der Waals surface area contributed by atoms with Gasteiger partial charge >= 0.3 is 92.1 Å². The first-order chi connectivity index (χ1) is 7.22. The number of benzene rings is 1. The van der Waals surface area contributed by atoms with Crippen molar-refractivity contribution in [3.05, 3.63) is 34.5 Å². The van der Waals surface area contributed by atoms with Gasteiger partial charge in [0.2, 0.25) is 0 Å². The molecule has 0 atom stereocenters. The van der Waals surface area contributed by atoms with Crippen LogP contribution in [-0.4, -0.2) is 27.1 Å². The van der Waals surface area contributed by atoms with Gasteiger partial charge in [-0.1, -0.05) is 0 Å². The summed E-state index contributed by atoms with van der Waals surface area (Å²) in [4.78, 5) is 11.4. The molecule has 0 radical (unpaired) electrons. The van der Waals surface area contributed by atoms with E-state index in [1.165, 1.54) is 6.07 Å². The van der Waals surface area contributed by atoms with E-state index in [2.05, 4.69) is 0 Å².